The van der Waals surface area contributed by atoms with Crippen molar-refractivity contribution in [3.05, 3.63) is 59.6 Å². The van der Waals surface area contributed by atoms with Crippen LogP contribution in [-0.4, -0.2) is 50.8 Å². The molecular weight excluding hydrogens is 476 g/mol. The van der Waals surface area contributed by atoms with Crippen molar-refractivity contribution >= 4 is 64.1 Å². The van der Waals surface area contributed by atoms with Gasteiger partial charge in [0.2, 0.25) is 17.8 Å². The van der Waals surface area contributed by atoms with Crippen LogP contribution in [0, 0.1) is 0 Å². The van der Waals surface area contributed by atoms with Gasteiger partial charge in [-0.15, -0.1) is 0 Å². The predicted octanol–water partition coefficient (Wildman–Crippen LogP) is 3.75. The number of carboxylic acids is 1. The van der Waals surface area contributed by atoms with Gasteiger partial charge in [0.1, 0.15) is 0 Å². The van der Waals surface area contributed by atoms with Crippen molar-refractivity contribution in [2.24, 2.45) is 0 Å². The fourth-order valence-corrected chi connectivity index (χ4v) is 3.12. The number of nitrogens with one attached hydrogen (secondary N) is 5. The third-order valence-corrected chi connectivity index (χ3v) is 4.95. The van der Waals surface area contributed by atoms with E-state index in [0.717, 1.165) is 12.1 Å². The van der Waals surface area contributed by atoms with Gasteiger partial charge < -0.3 is 31.7 Å². The molecule has 0 saturated carbocycles. The lowest BCUT2D eigenvalue weighted by atomic mass is 10.3. The van der Waals surface area contributed by atoms with Gasteiger partial charge in [0.25, 0.3) is 0 Å². The van der Waals surface area contributed by atoms with Crippen LogP contribution in [-0.2, 0) is 4.79 Å². The number of hydrogen-bond donors (Lipinski definition) is 6. The van der Waals surface area contributed by atoms with Gasteiger partial charge in [-0.3, -0.25) is 4.79 Å². The van der Waals surface area contributed by atoms with Crippen molar-refractivity contribution in [2.45, 2.75) is 12.8 Å². The Morgan fingerprint density at radius 2 is 1.50 bits per heavy atom. The van der Waals surface area contributed by atoms with Crippen molar-refractivity contribution < 1.29 is 9.90 Å². The van der Waals surface area contributed by atoms with E-state index >= 15 is 0 Å². The normalized spacial score (nSPS) is 10.3. The molecule has 0 radical (unpaired) electrons. The van der Waals surface area contributed by atoms with Crippen LogP contribution in [0.1, 0.15) is 12.8 Å². The van der Waals surface area contributed by atoms with Gasteiger partial charge in [-0.25, -0.2) is 0 Å². The molecule has 0 saturated heterocycles. The van der Waals surface area contributed by atoms with Crippen LogP contribution in [0.4, 0.5) is 29.2 Å². The molecule has 3 rings (SSSR count). The highest BCUT2D eigenvalue weighted by Gasteiger charge is 2.09. The van der Waals surface area contributed by atoms with Crippen molar-refractivity contribution in [1.82, 2.24) is 25.6 Å². The second-order valence-corrected chi connectivity index (χ2v) is 7.82. The largest absolute Gasteiger partial charge is 0.481 e. The number of nitrogens with zero attached hydrogens (tertiary/aromatic N) is 3. The van der Waals surface area contributed by atoms with E-state index in [4.69, 9.17) is 28.9 Å². The molecule has 1 aromatic heterocycles. The molecular formula is C22H25ClN8O2S. The number of thiocarbonyl (C=S) groups is 1. The molecule has 10 nitrogen and oxygen atoms in total. The van der Waals surface area contributed by atoms with Crippen molar-refractivity contribution in [2.75, 3.05) is 35.6 Å². The quantitative estimate of drug-likeness (QED) is 0.160. The van der Waals surface area contributed by atoms with Crippen LogP contribution in [0.2, 0.25) is 5.02 Å². The number of rotatable bonds is 12. The number of aliphatic carboxylic acids is 1. The van der Waals surface area contributed by atoms with E-state index in [9.17, 15) is 4.79 Å². The molecule has 0 bridgehead atoms. The molecule has 6 N–H and O–H groups in total. The number of para-hydroxylation sites is 2. The molecule has 0 spiro atoms. The highest BCUT2D eigenvalue weighted by atomic mass is 35.5. The third kappa shape index (κ3) is 8.68. The van der Waals surface area contributed by atoms with Gasteiger partial charge in [0, 0.05) is 25.3 Å². The summed E-state index contributed by atoms with van der Waals surface area (Å²) >= 11 is 11.4. The van der Waals surface area contributed by atoms with Crippen molar-refractivity contribution in [3.8, 4) is 0 Å². The monoisotopic (exact) mass is 500 g/mol. The Morgan fingerprint density at radius 3 is 2.24 bits per heavy atom. The molecule has 2 aromatic carbocycles. The molecule has 12 heteroatoms. The van der Waals surface area contributed by atoms with E-state index < -0.39 is 5.97 Å². The highest BCUT2D eigenvalue weighted by molar-refractivity contribution is 7.80. The van der Waals surface area contributed by atoms with Crippen LogP contribution < -0.4 is 26.6 Å². The van der Waals surface area contributed by atoms with Crippen LogP contribution >= 0.6 is 23.8 Å². The molecule has 0 unspecified atom stereocenters. The zero-order valence-electron chi connectivity index (χ0n) is 18.2. The summed E-state index contributed by atoms with van der Waals surface area (Å²) in [6.45, 7) is 1.45. The zero-order chi connectivity index (χ0) is 24.2. The number of hydrogen-bond acceptors (Lipinski definition) is 8. The molecule has 34 heavy (non-hydrogen) atoms. The summed E-state index contributed by atoms with van der Waals surface area (Å²) in [4.78, 5) is 23.9. The van der Waals surface area contributed by atoms with Gasteiger partial charge in [-0.05, 0) is 42.9 Å². The zero-order valence-corrected chi connectivity index (χ0v) is 19.8. The average Bonchev–Trinajstić information content (AvgIpc) is 2.81. The van der Waals surface area contributed by atoms with Gasteiger partial charge >= 0.3 is 5.97 Å². The molecule has 3 aromatic rings. The topological polar surface area (TPSA) is 136 Å². The average molecular weight is 501 g/mol. The molecule has 178 valence electrons. The summed E-state index contributed by atoms with van der Waals surface area (Å²) in [6, 6.07) is 16.9. The SMILES string of the molecule is O=C(O)CCNC(=S)NCCCNc1nc(Nc2ccccc2)nc(Nc2ccccc2Cl)n1. The van der Waals surface area contributed by atoms with E-state index in [1.54, 1.807) is 6.07 Å². The standard InChI is InChI=1S/C22H25ClN8O2S/c23-16-9-4-5-10-17(16)28-21-30-19(29-20(31-21)27-15-7-2-1-3-8-15)24-12-6-13-25-22(34)26-14-11-18(32)33/h1-5,7-10H,6,11-14H2,(H,32,33)(H2,25,26,34)(H3,24,27,28,29,30,31). The van der Waals surface area contributed by atoms with Crippen molar-refractivity contribution in [3.63, 3.8) is 0 Å². The summed E-state index contributed by atoms with van der Waals surface area (Å²) in [5.41, 5.74) is 1.52. The number of aromatic nitrogens is 3. The summed E-state index contributed by atoms with van der Waals surface area (Å²) in [6.07, 6.45) is 0.730. The molecule has 0 aliphatic rings. The fraction of sp³-hybridized carbons (Fsp3) is 0.227. The first-order valence-electron chi connectivity index (χ1n) is 10.6. The van der Waals surface area contributed by atoms with Crippen LogP contribution in [0.15, 0.2) is 54.6 Å². The maximum Gasteiger partial charge on any atom is 0.305 e. The van der Waals surface area contributed by atoms with Gasteiger partial charge in [0.15, 0.2) is 5.11 Å². The van der Waals surface area contributed by atoms with E-state index in [2.05, 4.69) is 41.5 Å². The minimum absolute atomic E-state index is 0.00662. The first-order valence-corrected chi connectivity index (χ1v) is 11.4. The van der Waals surface area contributed by atoms with Crippen LogP contribution in [0.5, 0.6) is 0 Å². The second kappa shape index (κ2) is 13.1. The summed E-state index contributed by atoms with van der Waals surface area (Å²) < 4.78 is 0. The number of benzene rings is 2. The molecule has 0 aliphatic carbocycles. The highest BCUT2D eigenvalue weighted by Crippen LogP contribution is 2.24. The van der Waals surface area contributed by atoms with E-state index in [0.29, 0.717) is 46.8 Å². The Bertz CT molecular complexity index is 1100. The summed E-state index contributed by atoms with van der Waals surface area (Å²) in [5, 5.41) is 25.0. The van der Waals surface area contributed by atoms with E-state index in [1.807, 2.05) is 48.5 Å². The number of carboxylic acid groups (broad SMARTS) is 1. The third-order valence-electron chi connectivity index (χ3n) is 4.33. The lowest BCUT2D eigenvalue weighted by molar-refractivity contribution is -0.136. The molecule has 0 fully saturated rings. The Labute approximate surface area is 207 Å². The van der Waals surface area contributed by atoms with Gasteiger partial charge in [-0.2, -0.15) is 15.0 Å². The van der Waals surface area contributed by atoms with Crippen LogP contribution in [0.25, 0.3) is 0 Å². The number of halogens is 1. The Hall–Kier alpha value is -3.70. The molecule has 0 aliphatic heterocycles. The Kier molecular flexibility index (Phi) is 9.62. The minimum atomic E-state index is -0.874. The number of anilines is 5. The molecule has 0 atom stereocenters. The Balaban J connectivity index is 1.59. The number of carbonyl (C=O) groups is 1. The molecule has 1 heterocycles. The second-order valence-electron chi connectivity index (χ2n) is 7.01. The Morgan fingerprint density at radius 1 is 0.853 bits per heavy atom. The molecule has 0 amide bonds. The minimum Gasteiger partial charge on any atom is -0.481 e. The first-order chi connectivity index (χ1) is 16.5. The van der Waals surface area contributed by atoms with E-state index in [-0.39, 0.29) is 13.0 Å². The van der Waals surface area contributed by atoms with Crippen LogP contribution in [0.3, 0.4) is 0 Å². The van der Waals surface area contributed by atoms with Gasteiger partial charge in [-0.1, -0.05) is 41.9 Å². The lowest BCUT2D eigenvalue weighted by Gasteiger charge is -2.13. The maximum atomic E-state index is 10.5. The predicted molar refractivity (Wildman–Crippen MR) is 138 cm³/mol. The van der Waals surface area contributed by atoms with E-state index in [1.165, 1.54) is 0 Å². The smallest absolute Gasteiger partial charge is 0.305 e. The lowest BCUT2D eigenvalue weighted by Crippen LogP contribution is -2.37. The van der Waals surface area contributed by atoms with Gasteiger partial charge in [0.05, 0.1) is 17.1 Å². The van der Waals surface area contributed by atoms with Crippen molar-refractivity contribution in [1.29, 1.82) is 0 Å². The maximum absolute atomic E-state index is 10.5. The summed E-state index contributed by atoms with van der Waals surface area (Å²) in [5.74, 6) is 0.234. The first kappa shape index (κ1) is 24.9. The fourth-order valence-electron chi connectivity index (χ4n) is 2.74. The summed E-state index contributed by atoms with van der Waals surface area (Å²) in [7, 11) is 0.